The summed E-state index contributed by atoms with van der Waals surface area (Å²) in [5, 5.41) is 21.8. The predicted octanol–water partition coefficient (Wildman–Crippen LogP) is 3.58. The first-order chi connectivity index (χ1) is 13.7. The minimum atomic E-state index is -1.10. The van der Waals surface area contributed by atoms with Crippen LogP contribution < -0.4 is 15.8 Å². The van der Waals surface area contributed by atoms with Crippen LogP contribution in [-0.4, -0.2) is 16.9 Å². The second-order valence-electron chi connectivity index (χ2n) is 5.52. The molecule has 0 heterocycles. The highest BCUT2D eigenvalue weighted by molar-refractivity contribution is 6.37. The van der Waals surface area contributed by atoms with Gasteiger partial charge in [-0.2, -0.15) is 5.26 Å². The summed E-state index contributed by atoms with van der Waals surface area (Å²) in [6, 6.07) is 9.20. The second kappa shape index (κ2) is 9.54. The average molecular weight is 435 g/mol. The number of carbonyl (C=O) groups excluding carboxylic acids is 2. The van der Waals surface area contributed by atoms with Crippen LogP contribution in [0.3, 0.4) is 0 Å². The van der Waals surface area contributed by atoms with Gasteiger partial charge in [0.25, 0.3) is 11.6 Å². The van der Waals surface area contributed by atoms with E-state index >= 15 is 0 Å². The monoisotopic (exact) mass is 434 g/mol. The smallest absolute Gasteiger partial charge is 0.319 e. The Morgan fingerprint density at radius 3 is 2.48 bits per heavy atom. The molecule has 11 heteroatoms. The number of nitrogens with zero attached hydrogens (tertiary/aromatic N) is 2. The molecule has 0 saturated heterocycles. The van der Waals surface area contributed by atoms with Crippen LogP contribution in [0.15, 0.2) is 42.0 Å². The van der Waals surface area contributed by atoms with Crippen molar-refractivity contribution in [3.63, 3.8) is 0 Å². The van der Waals surface area contributed by atoms with E-state index in [9.17, 15) is 19.7 Å². The first-order valence-corrected chi connectivity index (χ1v) is 8.54. The van der Waals surface area contributed by atoms with E-state index in [1.807, 2.05) is 0 Å². The van der Waals surface area contributed by atoms with Gasteiger partial charge in [-0.3, -0.25) is 20.2 Å². The largest absolute Gasteiger partial charge is 0.486 e. The number of carbonyl (C=O) groups is 2. The topological polar surface area (TPSA) is 148 Å². The molecule has 0 fully saturated rings. The average Bonchev–Trinajstić information content (AvgIpc) is 2.65. The third-order valence-corrected chi connectivity index (χ3v) is 4.00. The number of nitriles is 1. The molecule has 0 aliphatic carbocycles. The Labute approximate surface area is 174 Å². The lowest BCUT2D eigenvalue weighted by Gasteiger charge is -2.11. The molecule has 0 unspecified atom stereocenters. The summed E-state index contributed by atoms with van der Waals surface area (Å²) in [7, 11) is 0. The van der Waals surface area contributed by atoms with Gasteiger partial charge in [0.2, 0.25) is 0 Å². The van der Waals surface area contributed by atoms with Crippen molar-refractivity contribution in [2.24, 2.45) is 5.73 Å². The van der Waals surface area contributed by atoms with Gasteiger partial charge < -0.3 is 10.5 Å². The maximum Gasteiger partial charge on any atom is 0.319 e. The van der Waals surface area contributed by atoms with Gasteiger partial charge in [-0.15, -0.1) is 0 Å². The molecule has 0 saturated carbocycles. The summed E-state index contributed by atoms with van der Waals surface area (Å²) < 4.78 is 5.56. The lowest BCUT2D eigenvalue weighted by atomic mass is 10.1. The molecule has 0 spiro atoms. The minimum absolute atomic E-state index is 0.0270. The van der Waals surface area contributed by atoms with Crippen molar-refractivity contribution in [3.05, 3.63) is 73.3 Å². The quantitative estimate of drug-likeness (QED) is 0.307. The highest BCUT2D eigenvalue weighted by Gasteiger charge is 2.14. The van der Waals surface area contributed by atoms with Gasteiger partial charge >= 0.3 is 6.03 Å². The Hall–Kier alpha value is -3.61. The molecule has 148 valence electrons. The van der Waals surface area contributed by atoms with E-state index in [0.717, 1.165) is 0 Å². The fraction of sp³-hybridized carbons (Fsp3) is 0.0556. The number of nitrogens with one attached hydrogen (secondary N) is 1. The Morgan fingerprint density at radius 2 is 1.93 bits per heavy atom. The van der Waals surface area contributed by atoms with Crippen LogP contribution in [0.1, 0.15) is 11.1 Å². The Kier molecular flexibility index (Phi) is 7.14. The molecule has 0 aliphatic rings. The molecule has 0 aromatic heterocycles. The number of halogens is 2. The van der Waals surface area contributed by atoms with E-state index in [1.54, 1.807) is 17.5 Å². The van der Waals surface area contributed by atoms with E-state index in [4.69, 9.17) is 38.9 Å². The number of nitro benzene ring substituents is 1. The lowest BCUT2D eigenvalue weighted by molar-refractivity contribution is -0.384. The van der Waals surface area contributed by atoms with E-state index < -0.39 is 16.9 Å². The van der Waals surface area contributed by atoms with Crippen molar-refractivity contribution in [1.29, 1.82) is 5.26 Å². The number of rotatable bonds is 6. The SMILES string of the molecule is N#C/C(=C/c1cc(Cl)c(OCc2cccc([N+](=O)[O-])c2)c(Cl)c1)C(=O)NC(N)=O. The maximum absolute atomic E-state index is 11.7. The van der Waals surface area contributed by atoms with Crippen LogP contribution in [0.5, 0.6) is 5.75 Å². The standard InChI is InChI=1S/C18H12Cl2N4O5/c19-14-6-11(4-12(8-21)17(25)23-18(22)26)7-15(20)16(14)29-9-10-2-1-3-13(5-10)24(27)28/h1-7H,9H2,(H3,22,23,25,26)/b12-4-. The van der Waals surface area contributed by atoms with Crippen molar-refractivity contribution in [2.75, 3.05) is 0 Å². The summed E-state index contributed by atoms with van der Waals surface area (Å²) >= 11 is 12.3. The minimum Gasteiger partial charge on any atom is -0.486 e. The predicted molar refractivity (Wildman–Crippen MR) is 105 cm³/mol. The molecule has 2 aromatic carbocycles. The van der Waals surface area contributed by atoms with Crippen molar-refractivity contribution < 1.29 is 19.2 Å². The van der Waals surface area contributed by atoms with Gasteiger partial charge in [0.15, 0.2) is 5.75 Å². The number of benzene rings is 2. The third kappa shape index (κ3) is 5.93. The fourth-order valence-electron chi connectivity index (χ4n) is 2.21. The normalized spacial score (nSPS) is 10.7. The lowest BCUT2D eigenvalue weighted by Crippen LogP contribution is -2.35. The highest BCUT2D eigenvalue weighted by Crippen LogP contribution is 2.35. The van der Waals surface area contributed by atoms with Gasteiger partial charge in [-0.25, -0.2) is 4.79 Å². The van der Waals surface area contributed by atoms with Crippen molar-refractivity contribution >= 4 is 46.9 Å². The van der Waals surface area contributed by atoms with Crippen molar-refractivity contribution in [2.45, 2.75) is 6.61 Å². The zero-order valence-electron chi connectivity index (χ0n) is 14.5. The highest BCUT2D eigenvalue weighted by atomic mass is 35.5. The number of imide groups is 1. The number of hydrogen-bond donors (Lipinski definition) is 2. The number of primary amides is 1. The number of hydrogen-bond acceptors (Lipinski definition) is 6. The molecule has 0 aliphatic heterocycles. The fourth-order valence-corrected chi connectivity index (χ4v) is 2.82. The molecule has 3 amide bonds. The van der Waals surface area contributed by atoms with Crippen LogP contribution >= 0.6 is 23.2 Å². The molecular formula is C18H12Cl2N4O5. The third-order valence-electron chi connectivity index (χ3n) is 3.44. The maximum atomic E-state index is 11.7. The number of urea groups is 1. The van der Waals surface area contributed by atoms with Gasteiger partial charge in [-0.1, -0.05) is 35.3 Å². The molecule has 3 N–H and O–H groups in total. The zero-order valence-corrected chi connectivity index (χ0v) is 16.0. The Morgan fingerprint density at radius 1 is 1.28 bits per heavy atom. The second-order valence-corrected chi connectivity index (χ2v) is 6.33. The summed E-state index contributed by atoms with van der Waals surface area (Å²) in [6.07, 6.45) is 1.17. The Bertz CT molecular complexity index is 1040. The first-order valence-electron chi connectivity index (χ1n) is 7.79. The van der Waals surface area contributed by atoms with Crippen molar-refractivity contribution in [3.8, 4) is 11.8 Å². The van der Waals surface area contributed by atoms with E-state index in [1.165, 1.54) is 36.4 Å². The van der Waals surface area contributed by atoms with Gasteiger partial charge in [-0.05, 0) is 29.3 Å². The summed E-state index contributed by atoms with van der Waals surface area (Å²) in [6.45, 7) is -0.0270. The molecule has 9 nitrogen and oxygen atoms in total. The van der Waals surface area contributed by atoms with Crippen LogP contribution in [0.2, 0.25) is 10.0 Å². The molecule has 0 radical (unpaired) electrons. The molecular weight excluding hydrogens is 423 g/mol. The van der Waals surface area contributed by atoms with Gasteiger partial charge in [0.1, 0.15) is 18.2 Å². The van der Waals surface area contributed by atoms with E-state index in [0.29, 0.717) is 11.1 Å². The van der Waals surface area contributed by atoms with Gasteiger partial charge in [0.05, 0.1) is 15.0 Å². The molecule has 0 atom stereocenters. The number of amides is 3. The van der Waals surface area contributed by atoms with Crippen LogP contribution in [0.4, 0.5) is 10.5 Å². The number of ether oxygens (including phenoxy) is 1. The number of nitro groups is 1. The summed E-state index contributed by atoms with van der Waals surface area (Å²) in [5.41, 5.74) is 5.22. The molecule has 2 aromatic rings. The summed E-state index contributed by atoms with van der Waals surface area (Å²) in [4.78, 5) is 32.8. The zero-order chi connectivity index (χ0) is 21.6. The Balaban J connectivity index is 2.23. The van der Waals surface area contributed by atoms with Crippen LogP contribution in [0, 0.1) is 21.4 Å². The van der Waals surface area contributed by atoms with Crippen molar-refractivity contribution in [1.82, 2.24) is 5.32 Å². The van der Waals surface area contributed by atoms with E-state index in [2.05, 4.69) is 0 Å². The number of non-ortho nitro benzene ring substituents is 1. The number of nitrogens with two attached hydrogens (primary N) is 1. The summed E-state index contributed by atoms with van der Waals surface area (Å²) in [5.74, 6) is -0.852. The molecule has 2 rings (SSSR count). The van der Waals surface area contributed by atoms with E-state index in [-0.39, 0.29) is 33.7 Å². The molecule has 29 heavy (non-hydrogen) atoms. The first kappa shape index (κ1) is 21.7. The molecule has 0 bridgehead atoms. The van der Waals surface area contributed by atoms with Crippen LogP contribution in [-0.2, 0) is 11.4 Å². The van der Waals surface area contributed by atoms with Gasteiger partial charge in [0, 0.05) is 12.1 Å². The van der Waals surface area contributed by atoms with Crippen LogP contribution in [0.25, 0.3) is 6.08 Å².